The van der Waals surface area contributed by atoms with Crippen LogP contribution in [-0.4, -0.2) is 52.7 Å². The van der Waals surface area contributed by atoms with E-state index in [-0.39, 0.29) is 18.8 Å². The average Bonchev–Trinajstić information content (AvgIpc) is 2.82. The van der Waals surface area contributed by atoms with Crippen LogP contribution in [0.15, 0.2) is 15.3 Å². The quantitative estimate of drug-likeness (QED) is 0.782. The van der Waals surface area contributed by atoms with Crippen molar-refractivity contribution in [3.05, 3.63) is 27.8 Å². The third kappa shape index (κ3) is 3.35. The Morgan fingerprint density at radius 3 is 2.71 bits per heavy atom. The van der Waals surface area contributed by atoms with Gasteiger partial charge in [0, 0.05) is 12.5 Å². The molecule has 1 atom stereocenters. The first kappa shape index (κ1) is 17.8. The summed E-state index contributed by atoms with van der Waals surface area (Å²) in [7, 11) is 1.09. The predicted octanol–water partition coefficient (Wildman–Crippen LogP) is 1.18. The van der Waals surface area contributed by atoms with Crippen molar-refractivity contribution in [2.75, 3.05) is 13.7 Å². The van der Waals surface area contributed by atoms with Crippen molar-refractivity contribution in [2.24, 2.45) is 0 Å². The highest BCUT2D eigenvalue weighted by molar-refractivity contribution is 5.88. The summed E-state index contributed by atoms with van der Waals surface area (Å²) in [5.41, 5.74) is -1.71. The summed E-state index contributed by atoms with van der Waals surface area (Å²) in [4.78, 5) is 35.8. The number of hydrogen-bond acceptors (Lipinski definition) is 7. The number of hydrogen-bond donors (Lipinski definition) is 2. The maximum absolute atomic E-state index is 11.7. The van der Waals surface area contributed by atoms with Crippen LogP contribution >= 0.6 is 0 Å². The predicted molar refractivity (Wildman–Crippen MR) is 80.0 cm³/mol. The van der Waals surface area contributed by atoms with Crippen LogP contribution in [0, 0.1) is 0 Å². The summed E-state index contributed by atoms with van der Waals surface area (Å²) in [5, 5.41) is 18.9. The number of amides is 1. The molecule has 1 aliphatic heterocycles. The molecule has 9 nitrogen and oxygen atoms in total. The Bertz CT molecular complexity index is 708. The summed E-state index contributed by atoms with van der Waals surface area (Å²) in [6, 6.07) is 0.645. The van der Waals surface area contributed by atoms with Crippen LogP contribution in [0.25, 0.3) is 0 Å². The van der Waals surface area contributed by atoms with Gasteiger partial charge in [-0.3, -0.25) is 9.69 Å². The number of aromatic hydroxyl groups is 1. The van der Waals surface area contributed by atoms with Gasteiger partial charge in [-0.2, -0.15) is 0 Å². The highest BCUT2D eigenvalue weighted by Crippen LogP contribution is 2.29. The molecular formula is C15H19NO8. The molecule has 2 rings (SSSR count). The van der Waals surface area contributed by atoms with Crippen LogP contribution in [0.4, 0.5) is 4.79 Å². The van der Waals surface area contributed by atoms with Crippen LogP contribution < -0.4 is 5.43 Å². The zero-order valence-electron chi connectivity index (χ0n) is 13.6. The number of esters is 1. The third-order valence-electron chi connectivity index (χ3n) is 3.85. The van der Waals surface area contributed by atoms with E-state index in [2.05, 4.69) is 4.74 Å². The fraction of sp³-hybridized carbons (Fsp3) is 0.533. The van der Waals surface area contributed by atoms with E-state index in [1.54, 1.807) is 13.8 Å². The van der Waals surface area contributed by atoms with E-state index in [1.165, 1.54) is 4.90 Å². The number of carbonyl (C=O) groups is 2. The van der Waals surface area contributed by atoms with Gasteiger partial charge in [-0.1, -0.05) is 0 Å². The molecule has 132 valence electrons. The number of aryl methyl sites for hydroxylation is 1. The van der Waals surface area contributed by atoms with Crippen molar-refractivity contribution in [2.45, 2.75) is 38.5 Å². The Balaban J connectivity index is 2.18. The Morgan fingerprint density at radius 1 is 1.46 bits per heavy atom. The lowest BCUT2D eigenvalue weighted by Gasteiger charge is -2.30. The van der Waals surface area contributed by atoms with E-state index in [4.69, 9.17) is 9.15 Å². The standard InChI is InChI=1S/C15H19NO8/c1-15(2)16(14(20)21)8(7-23-15)4-5-9-6-10(17)11(18)12(24-9)13(19)22-3/h6,8,18H,4-5,7H2,1-3H3,(H,20,21). The van der Waals surface area contributed by atoms with Gasteiger partial charge in [-0.25, -0.2) is 9.59 Å². The molecule has 1 aliphatic rings. The minimum Gasteiger partial charge on any atom is -0.501 e. The van der Waals surface area contributed by atoms with E-state index < -0.39 is 40.8 Å². The monoisotopic (exact) mass is 341 g/mol. The molecule has 0 bridgehead atoms. The second-order valence-corrected chi connectivity index (χ2v) is 5.85. The summed E-state index contributed by atoms with van der Waals surface area (Å²) in [6.07, 6.45) is -0.595. The molecule has 1 aromatic rings. The Labute approximate surface area is 137 Å². The second kappa shape index (κ2) is 6.52. The van der Waals surface area contributed by atoms with Gasteiger partial charge in [0.15, 0.2) is 0 Å². The van der Waals surface area contributed by atoms with E-state index in [1.807, 2.05) is 0 Å². The molecule has 2 N–H and O–H groups in total. The lowest BCUT2D eigenvalue weighted by atomic mass is 10.1. The number of carboxylic acid groups (broad SMARTS) is 1. The van der Waals surface area contributed by atoms with Gasteiger partial charge in [0.1, 0.15) is 11.5 Å². The maximum Gasteiger partial charge on any atom is 0.409 e. The van der Waals surface area contributed by atoms with E-state index in [9.17, 15) is 24.6 Å². The molecule has 1 saturated heterocycles. The molecule has 0 spiro atoms. The fourth-order valence-corrected chi connectivity index (χ4v) is 2.68. The van der Waals surface area contributed by atoms with E-state index in [0.717, 1.165) is 13.2 Å². The zero-order chi connectivity index (χ0) is 18.1. The number of methoxy groups -OCH3 is 1. The Morgan fingerprint density at radius 2 is 2.12 bits per heavy atom. The Hall–Kier alpha value is -2.55. The first-order chi connectivity index (χ1) is 11.2. The molecule has 1 unspecified atom stereocenters. The van der Waals surface area contributed by atoms with E-state index in [0.29, 0.717) is 6.42 Å². The molecule has 2 heterocycles. The van der Waals surface area contributed by atoms with Gasteiger partial charge in [0.05, 0.1) is 19.8 Å². The lowest BCUT2D eigenvalue weighted by Crippen LogP contribution is -2.47. The van der Waals surface area contributed by atoms with Crippen LogP contribution in [0.5, 0.6) is 5.75 Å². The molecule has 1 amide bonds. The van der Waals surface area contributed by atoms with Gasteiger partial charge in [0.25, 0.3) is 5.76 Å². The molecule has 1 aromatic heterocycles. The summed E-state index contributed by atoms with van der Waals surface area (Å²) < 4.78 is 15.1. The van der Waals surface area contributed by atoms with Gasteiger partial charge >= 0.3 is 12.1 Å². The molecule has 0 aliphatic carbocycles. The van der Waals surface area contributed by atoms with Crippen molar-refractivity contribution in [3.63, 3.8) is 0 Å². The van der Waals surface area contributed by atoms with Gasteiger partial charge < -0.3 is 24.1 Å². The lowest BCUT2D eigenvalue weighted by molar-refractivity contribution is -0.0421. The average molecular weight is 341 g/mol. The van der Waals surface area contributed by atoms with Gasteiger partial charge in [-0.15, -0.1) is 0 Å². The van der Waals surface area contributed by atoms with Crippen molar-refractivity contribution >= 4 is 12.1 Å². The maximum atomic E-state index is 11.7. The SMILES string of the molecule is COC(=O)c1oc(CCC2COC(C)(C)N2C(=O)O)cc(=O)c1O. The molecule has 0 saturated carbocycles. The second-order valence-electron chi connectivity index (χ2n) is 5.85. The van der Waals surface area contributed by atoms with Gasteiger partial charge in [-0.05, 0) is 20.3 Å². The number of carbonyl (C=O) groups excluding carboxylic acids is 1. The smallest absolute Gasteiger partial charge is 0.409 e. The Kier molecular flexibility index (Phi) is 4.83. The largest absolute Gasteiger partial charge is 0.501 e. The van der Waals surface area contributed by atoms with Crippen molar-refractivity contribution in [1.29, 1.82) is 0 Å². The highest BCUT2D eigenvalue weighted by atomic mass is 16.5. The minimum absolute atomic E-state index is 0.147. The summed E-state index contributed by atoms with van der Waals surface area (Å²) in [6.45, 7) is 3.51. The van der Waals surface area contributed by atoms with Crippen LogP contribution in [-0.2, 0) is 15.9 Å². The first-order valence-corrected chi connectivity index (χ1v) is 7.28. The van der Waals surface area contributed by atoms with Crippen molar-refractivity contribution in [1.82, 2.24) is 4.90 Å². The van der Waals surface area contributed by atoms with Crippen molar-refractivity contribution < 1.29 is 33.7 Å². The minimum atomic E-state index is -1.11. The number of rotatable bonds is 4. The van der Waals surface area contributed by atoms with E-state index >= 15 is 0 Å². The molecule has 9 heteroatoms. The van der Waals surface area contributed by atoms with Crippen LogP contribution in [0.1, 0.15) is 36.6 Å². The third-order valence-corrected chi connectivity index (χ3v) is 3.85. The van der Waals surface area contributed by atoms with Crippen molar-refractivity contribution in [3.8, 4) is 5.75 Å². The number of ether oxygens (including phenoxy) is 2. The summed E-state index contributed by atoms with van der Waals surface area (Å²) in [5.74, 6) is -2.21. The molecule has 1 fully saturated rings. The topological polar surface area (TPSA) is 127 Å². The normalized spacial score (nSPS) is 19.3. The van der Waals surface area contributed by atoms with Gasteiger partial charge in [0.2, 0.25) is 11.2 Å². The fourth-order valence-electron chi connectivity index (χ4n) is 2.68. The molecule has 0 aromatic carbocycles. The first-order valence-electron chi connectivity index (χ1n) is 7.28. The summed E-state index contributed by atoms with van der Waals surface area (Å²) >= 11 is 0. The molecule has 24 heavy (non-hydrogen) atoms. The van der Waals surface area contributed by atoms with Crippen LogP contribution in [0.2, 0.25) is 0 Å². The molecular weight excluding hydrogens is 322 g/mol. The van der Waals surface area contributed by atoms with Crippen LogP contribution in [0.3, 0.4) is 0 Å². The highest BCUT2D eigenvalue weighted by Gasteiger charge is 2.43. The molecule has 0 radical (unpaired) electrons. The zero-order valence-corrected chi connectivity index (χ0v) is 13.6. The number of nitrogens with zero attached hydrogens (tertiary/aromatic N) is 1.